The molecule has 36 heavy (non-hydrogen) atoms. The van der Waals surface area contributed by atoms with E-state index in [1.54, 1.807) is 37.6 Å². The van der Waals surface area contributed by atoms with Crippen molar-refractivity contribution in [3.8, 4) is 5.75 Å². The molecular weight excluding hydrogens is 496 g/mol. The van der Waals surface area contributed by atoms with Gasteiger partial charge in [-0.25, -0.2) is 13.4 Å². The number of aryl methyl sites for hydroxylation is 2. The molecule has 0 unspecified atom stereocenters. The van der Waals surface area contributed by atoms with Gasteiger partial charge < -0.3 is 9.15 Å². The van der Waals surface area contributed by atoms with Gasteiger partial charge in [-0.15, -0.1) is 0 Å². The van der Waals surface area contributed by atoms with Crippen LogP contribution in [-0.4, -0.2) is 26.0 Å². The van der Waals surface area contributed by atoms with Crippen molar-refractivity contribution in [3.05, 3.63) is 112 Å². The van der Waals surface area contributed by atoms with Crippen molar-refractivity contribution in [1.29, 1.82) is 0 Å². The summed E-state index contributed by atoms with van der Waals surface area (Å²) < 4.78 is 39.8. The Labute approximate surface area is 216 Å². The number of furan rings is 1. The Morgan fingerprint density at radius 3 is 2.31 bits per heavy atom. The van der Waals surface area contributed by atoms with Gasteiger partial charge in [0, 0.05) is 11.6 Å². The number of ether oxygens (including phenoxy) is 1. The third kappa shape index (κ3) is 6.23. The summed E-state index contributed by atoms with van der Waals surface area (Å²) in [5.41, 5.74) is 3.72. The average molecular weight is 523 g/mol. The van der Waals surface area contributed by atoms with Crippen LogP contribution in [-0.2, 0) is 23.1 Å². The smallest absolute Gasteiger partial charge is 0.243 e. The van der Waals surface area contributed by atoms with Crippen LogP contribution < -0.4 is 4.74 Å². The van der Waals surface area contributed by atoms with E-state index in [-0.39, 0.29) is 18.0 Å². The summed E-state index contributed by atoms with van der Waals surface area (Å²) >= 11 is 5.98. The molecule has 8 heteroatoms. The fraction of sp³-hybridized carbons (Fsp3) is 0.179. The lowest BCUT2D eigenvalue weighted by Gasteiger charge is -2.21. The monoisotopic (exact) mass is 522 g/mol. The van der Waals surface area contributed by atoms with E-state index in [9.17, 15) is 8.42 Å². The molecule has 0 saturated carbocycles. The second-order valence-electron chi connectivity index (χ2n) is 8.45. The fourth-order valence-corrected chi connectivity index (χ4v) is 5.16. The maximum absolute atomic E-state index is 13.5. The molecule has 0 saturated heterocycles. The molecule has 0 aliphatic heterocycles. The van der Waals surface area contributed by atoms with Crippen LogP contribution in [0, 0.1) is 13.8 Å². The first-order valence-electron chi connectivity index (χ1n) is 11.3. The highest BCUT2D eigenvalue weighted by Crippen LogP contribution is 2.28. The molecular formula is C28H27ClN2O4S. The first-order chi connectivity index (χ1) is 17.2. The molecule has 0 bridgehead atoms. The minimum absolute atomic E-state index is 0.0560. The zero-order valence-corrected chi connectivity index (χ0v) is 21.9. The number of methoxy groups -OCH3 is 1. The van der Waals surface area contributed by atoms with Crippen LogP contribution in [0.15, 0.2) is 93.2 Å². The number of sulfonamides is 1. The number of nitrogens with zero attached hydrogens (tertiary/aromatic N) is 2. The normalized spacial score (nSPS) is 11.9. The van der Waals surface area contributed by atoms with Crippen molar-refractivity contribution in [2.24, 2.45) is 4.99 Å². The quantitative estimate of drug-likeness (QED) is 0.229. The lowest BCUT2D eigenvalue weighted by atomic mass is 10.1. The summed E-state index contributed by atoms with van der Waals surface area (Å²) in [7, 11) is -2.22. The Morgan fingerprint density at radius 1 is 0.917 bits per heavy atom. The van der Waals surface area contributed by atoms with E-state index >= 15 is 0 Å². The molecule has 1 heterocycles. The molecule has 4 rings (SSSR count). The number of aliphatic imine (C=N–C) groups is 1. The number of rotatable bonds is 9. The molecule has 186 valence electrons. The zero-order valence-electron chi connectivity index (χ0n) is 20.3. The fourth-order valence-electron chi connectivity index (χ4n) is 3.64. The lowest BCUT2D eigenvalue weighted by molar-refractivity contribution is 0.357. The molecule has 0 aliphatic carbocycles. The highest BCUT2D eigenvalue weighted by atomic mass is 35.5. The molecule has 4 aromatic rings. The number of halogens is 1. The van der Waals surface area contributed by atoms with E-state index in [4.69, 9.17) is 20.8 Å². The maximum atomic E-state index is 13.5. The predicted octanol–water partition coefficient (Wildman–Crippen LogP) is 6.70. The standard InChI is InChI=1S/C28H27ClN2O4S/c1-20-4-7-22(8-5-20)18-31(36(32,33)26-13-9-23(29)10-14-26)19-25-12-11-24(35-25)17-30-27-16-21(2)6-15-28(27)34-3/h4-17H,18-19H2,1-3H3. The molecule has 6 nitrogen and oxygen atoms in total. The Kier molecular flexibility index (Phi) is 7.94. The van der Waals surface area contributed by atoms with Gasteiger partial charge in [0.1, 0.15) is 23.0 Å². The van der Waals surface area contributed by atoms with Gasteiger partial charge in [-0.05, 0) is 73.5 Å². The van der Waals surface area contributed by atoms with E-state index in [0.29, 0.717) is 28.0 Å². The topological polar surface area (TPSA) is 72.1 Å². The van der Waals surface area contributed by atoms with Crippen molar-refractivity contribution in [2.45, 2.75) is 31.8 Å². The highest BCUT2D eigenvalue weighted by Gasteiger charge is 2.26. The van der Waals surface area contributed by atoms with Crippen LogP contribution in [0.1, 0.15) is 28.2 Å². The molecule has 0 aliphatic rings. The molecule has 1 aromatic heterocycles. The van der Waals surface area contributed by atoms with Crippen LogP contribution in [0.25, 0.3) is 0 Å². The SMILES string of the molecule is COc1ccc(C)cc1N=Cc1ccc(CN(Cc2ccc(C)cc2)S(=O)(=O)c2ccc(Cl)cc2)o1. The van der Waals surface area contributed by atoms with E-state index < -0.39 is 10.0 Å². The molecule has 0 amide bonds. The van der Waals surface area contributed by atoms with Gasteiger partial charge in [0.2, 0.25) is 10.0 Å². The average Bonchev–Trinajstić information content (AvgIpc) is 3.31. The summed E-state index contributed by atoms with van der Waals surface area (Å²) in [4.78, 5) is 4.66. The van der Waals surface area contributed by atoms with Crippen molar-refractivity contribution in [1.82, 2.24) is 4.31 Å². The van der Waals surface area contributed by atoms with Crippen molar-refractivity contribution < 1.29 is 17.6 Å². The lowest BCUT2D eigenvalue weighted by Crippen LogP contribution is -2.30. The van der Waals surface area contributed by atoms with Crippen molar-refractivity contribution in [2.75, 3.05) is 7.11 Å². The molecule has 0 atom stereocenters. The summed E-state index contributed by atoms with van der Waals surface area (Å²) in [5, 5.41) is 0.472. The third-order valence-electron chi connectivity index (χ3n) is 5.61. The Hall–Kier alpha value is -3.39. The van der Waals surface area contributed by atoms with Gasteiger partial charge in [-0.3, -0.25) is 0 Å². The summed E-state index contributed by atoms with van der Waals surface area (Å²) in [6, 6.07) is 23.2. The van der Waals surface area contributed by atoms with Crippen LogP contribution in [0.2, 0.25) is 5.02 Å². The largest absolute Gasteiger partial charge is 0.494 e. The van der Waals surface area contributed by atoms with Crippen molar-refractivity contribution >= 4 is 33.5 Å². The third-order valence-corrected chi connectivity index (χ3v) is 7.67. The van der Waals surface area contributed by atoms with E-state index in [1.165, 1.54) is 16.4 Å². The Morgan fingerprint density at radius 2 is 1.61 bits per heavy atom. The minimum atomic E-state index is -3.82. The van der Waals surface area contributed by atoms with Crippen molar-refractivity contribution in [3.63, 3.8) is 0 Å². The molecule has 0 spiro atoms. The van der Waals surface area contributed by atoms with E-state index in [0.717, 1.165) is 16.7 Å². The molecule has 0 radical (unpaired) electrons. The minimum Gasteiger partial charge on any atom is -0.494 e. The maximum Gasteiger partial charge on any atom is 0.243 e. The van der Waals surface area contributed by atoms with E-state index in [1.807, 2.05) is 56.3 Å². The Balaban J connectivity index is 1.60. The number of hydrogen-bond donors (Lipinski definition) is 0. The van der Waals surface area contributed by atoms with Crippen LogP contribution >= 0.6 is 11.6 Å². The summed E-state index contributed by atoms with van der Waals surface area (Å²) in [6.45, 7) is 4.22. The molecule has 0 fully saturated rings. The summed E-state index contributed by atoms with van der Waals surface area (Å²) in [6.07, 6.45) is 1.60. The van der Waals surface area contributed by atoms with Gasteiger partial charge in [0.15, 0.2) is 0 Å². The molecule has 3 aromatic carbocycles. The number of benzene rings is 3. The summed E-state index contributed by atoms with van der Waals surface area (Å²) in [5.74, 6) is 1.66. The highest BCUT2D eigenvalue weighted by molar-refractivity contribution is 7.89. The second kappa shape index (κ2) is 11.1. The van der Waals surface area contributed by atoms with E-state index in [2.05, 4.69) is 4.99 Å². The number of hydrogen-bond acceptors (Lipinski definition) is 5. The van der Waals surface area contributed by atoms with Crippen LogP contribution in [0.4, 0.5) is 5.69 Å². The van der Waals surface area contributed by atoms with Crippen LogP contribution in [0.5, 0.6) is 5.75 Å². The van der Waals surface area contributed by atoms with Gasteiger partial charge in [0.25, 0.3) is 0 Å². The first kappa shape index (κ1) is 25.7. The predicted molar refractivity (Wildman–Crippen MR) is 143 cm³/mol. The zero-order chi connectivity index (χ0) is 25.7. The van der Waals surface area contributed by atoms with Gasteiger partial charge >= 0.3 is 0 Å². The first-order valence-corrected chi connectivity index (χ1v) is 13.1. The van der Waals surface area contributed by atoms with Gasteiger partial charge in [0.05, 0.1) is 24.8 Å². The van der Waals surface area contributed by atoms with Crippen LogP contribution in [0.3, 0.4) is 0 Å². The second-order valence-corrected chi connectivity index (χ2v) is 10.8. The van der Waals surface area contributed by atoms with Gasteiger partial charge in [-0.1, -0.05) is 47.5 Å². The van der Waals surface area contributed by atoms with Gasteiger partial charge in [-0.2, -0.15) is 4.31 Å². The Bertz CT molecular complexity index is 1460. The molecule has 0 N–H and O–H groups in total.